The summed E-state index contributed by atoms with van der Waals surface area (Å²) in [5.74, 6) is 1.71. The Morgan fingerprint density at radius 3 is 2.45 bits per heavy atom. The molecule has 1 aromatic rings. The van der Waals surface area contributed by atoms with Gasteiger partial charge in [0, 0.05) is 50.1 Å². The van der Waals surface area contributed by atoms with Gasteiger partial charge in [0.05, 0.1) is 0 Å². The standard InChI is InChI=1S/C19H29N3O4S3/c1-14(2)13-17(23)21-6-3-15(4-7-21)20-19(24)18-16(5-10-28-18)29(25,26)22-8-11-27-12-9-22/h5,10,14-15H,3-4,6-9,11-13H2,1-2H3,(H,20,24). The van der Waals surface area contributed by atoms with Crippen LogP contribution in [-0.2, 0) is 14.8 Å². The van der Waals surface area contributed by atoms with Crippen molar-refractivity contribution in [2.75, 3.05) is 37.7 Å². The first kappa shape index (κ1) is 22.6. The van der Waals surface area contributed by atoms with Crippen LogP contribution in [0.5, 0.6) is 0 Å². The number of amides is 2. The van der Waals surface area contributed by atoms with E-state index in [0.29, 0.717) is 51.4 Å². The van der Waals surface area contributed by atoms with Crippen LogP contribution in [0, 0.1) is 5.92 Å². The van der Waals surface area contributed by atoms with Crippen molar-refractivity contribution in [3.05, 3.63) is 16.3 Å². The molecule has 0 saturated carbocycles. The number of nitrogens with one attached hydrogen (secondary N) is 1. The third-order valence-corrected chi connectivity index (χ3v) is 9.11. The van der Waals surface area contributed by atoms with Crippen molar-refractivity contribution in [3.8, 4) is 0 Å². The van der Waals surface area contributed by atoms with E-state index >= 15 is 0 Å². The average molecular weight is 460 g/mol. The molecular weight excluding hydrogens is 430 g/mol. The molecule has 3 heterocycles. The van der Waals surface area contributed by atoms with Gasteiger partial charge in [-0.15, -0.1) is 11.3 Å². The fourth-order valence-electron chi connectivity index (χ4n) is 3.59. The van der Waals surface area contributed by atoms with Gasteiger partial charge in [0.25, 0.3) is 5.91 Å². The zero-order valence-corrected chi connectivity index (χ0v) is 19.4. The van der Waals surface area contributed by atoms with Gasteiger partial charge in [0.2, 0.25) is 15.9 Å². The number of hydrogen-bond donors (Lipinski definition) is 1. The Balaban J connectivity index is 1.60. The molecule has 1 N–H and O–H groups in total. The van der Waals surface area contributed by atoms with E-state index in [-0.39, 0.29) is 27.6 Å². The Bertz CT molecular complexity index is 824. The predicted octanol–water partition coefficient (Wildman–Crippen LogP) is 2.25. The maximum absolute atomic E-state index is 13.0. The van der Waals surface area contributed by atoms with E-state index in [4.69, 9.17) is 0 Å². The van der Waals surface area contributed by atoms with Gasteiger partial charge in [-0.3, -0.25) is 9.59 Å². The number of thiophene rings is 1. The molecule has 10 heteroatoms. The van der Waals surface area contributed by atoms with E-state index in [0.717, 1.165) is 22.8 Å². The number of carbonyl (C=O) groups excluding carboxylic acids is 2. The monoisotopic (exact) mass is 459 g/mol. The van der Waals surface area contributed by atoms with E-state index in [1.165, 1.54) is 10.4 Å². The van der Waals surface area contributed by atoms with Gasteiger partial charge >= 0.3 is 0 Å². The minimum atomic E-state index is -3.65. The lowest BCUT2D eigenvalue weighted by atomic mass is 10.0. The van der Waals surface area contributed by atoms with E-state index in [9.17, 15) is 18.0 Å². The zero-order valence-electron chi connectivity index (χ0n) is 16.9. The molecule has 2 fully saturated rings. The number of piperidine rings is 1. The Morgan fingerprint density at radius 2 is 1.83 bits per heavy atom. The number of thioether (sulfide) groups is 1. The van der Waals surface area contributed by atoms with Crippen molar-refractivity contribution in [1.82, 2.24) is 14.5 Å². The molecule has 0 radical (unpaired) electrons. The summed E-state index contributed by atoms with van der Waals surface area (Å²) >= 11 is 2.90. The molecule has 29 heavy (non-hydrogen) atoms. The van der Waals surface area contributed by atoms with Gasteiger partial charge in [-0.05, 0) is 30.2 Å². The van der Waals surface area contributed by atoms with Crippen LogP contribution in [0.15, 0.2) is 16.3 Å². The maximum Gasteiger partial charge on any atom is 0.262 e. The number of rotatable bonds is 6. The summed E-state index contributed by atoms with van der Waals surface area (Å²) in [7, 11) is -3.65. The lowest BCUT2D eigenvalue weighted by molar-refractivity contribution is -0.133. The van der Waals surface area contributed by atoms with Crippen LogP contribution >= 0.6 is 23.1 Å². The van der Waals surface area contributed by atoms with Gasteiger partial charge in [-0.2, -0.15) is 16.1 Å². The smallest absolute Gasteiger partial charge is 0.262 e. The Labute approximate surface area is 181 Å². The summed E-state index contributed by atoms with van der Waals surface area (Å²) < 4.78 is 27.4. The second-order valence-corrected chi connectivity index (χ2v) is 11.9. The lowest BCUT2D eigenvalue weighted by Crippen LogP contribution is -2.47. The third kappa shape index (κ3) is 5.53. The summed E-state index contributed by atoms with van der Waals surface area (Å²) in [5, 5.41) is 4.64. The molecule has 0 aromatic carbocycles. The summed E-state index contributed by atoms with van der Waals surface area (Å²) in [4.78, 5) is 27.2. The summed E-state index contributed by atoms with van der Waals surface area (Å²) in [6, 6.07) is 1.48. The average Bonchev–Trinajstić information content (AvgIpc) is 3.19. The first-order valence-electron chi connectivity index (χ1n) is 10.0. The van der Waals surface area contributed by atoms with Crippen LogP contribution in [0.4, 0.5) is 0 Å². The fraction of sp³-hybridized carbons (Fsp3) is 0.684. The number of sulfonamides is 1. The molecule has 0 bridgehead atoms. The number of hydrogen-bond acceptors (Lipinski definition) is 6. The molecule has 0 unspecified atom stereocenters. The van der Waals surface area contributed by atoms with Gasteiger partial charge in [-0.1, -0.05) is 13.8 Å². The normalized spacial score (nSPS) is 19.5. The molecular formula is C19H29N3O4S3. The van der Waals surface area contributed by atoms with E-state index < -0.39 is 10.0 Å². The highest BCUT2D eigenvalue weighted by molar-refractivity contribution is 7.99. The minimum absolute atomic E-state index is 0.0466. The maximum atomic E-state index is 13.0. The zero-order chi connectivity index (χ0) is 21.0. The molecule has 0 aliphatic carbocycles. The van der Waals surface area contributed by atoms with Crippen LogP contribution in [0.2, 0.25) is 0 Å². The first-order chi connectivity index (χ1) is 13.8. The molecule has 2 amide bonds. The Hall–Kier alpha value is -1.10. The van der Waals surface area contributed by atoms with Crippen molar-refractivity contribution in [2.45, 2.75) is 44.0 Å². The molecule has 2 saturated heterocycles. The summed E-state index contributed by atoms with van der Waals surface area (Å²) in [6.07, 6.45) is 1.92. The lowest BCUT2D eigenvalue weighted by Gasteiger charge is -2.33. The van der Waals surface area contributed by atoms with Crippen molar-refractivity contribution in [2.24, 2.45) is 5.92 Å². The Kier molecular flexibility index (Phi) is 7.63. The van der Waals surface area contributed by atoms with Crippen LogP contribution in [0.3, 0.4) is 0 Å². The van der Waals surface area contributed by atoms with Crippen LogP contribution in [-0.4, -0.2) is 73.2 Å². The quantitative estimate of drug-likeness (QED) is 0.705. The number of carbonyl (C=O) groups is 2. The number of nitrogens with zero attached hydrogens (tertiary/aromatic N) is 2. The third-order valence-electron chi connectivity index (χ3n) is 5.19. The second kappa shape index (κ2) is 9.80. The summed E-state index contributed by atoms with van der Waals surface area (Å²) in [5.41, 5.74) is 0. The molecule has 7 nitrogen and oxygen atoms in total. The van der Waals surface area contributed by atoms with E-state index in [2.05, 4.69) is 5.32 Å². The van der Waals surface area contributed by atoms with Crippen LogP contribution in [0.1, 0.15) is 42.8 Å². The predicted molar refractivity (Wildman–Crippen MR) is 117 cm³/mol. The topological polar surface area (TPSA) is 86.8 Å². The number of likely N-dealkylation sites (tertiary alicyclic amines) is 1. The van der Waals surface area contributed by atoms with E-state index in [1.54, 1.807) is 17.1 Å². The van der Waals surface area contributed by atoms with Gasteiger partial charge in [0.15, 0.2) is 0 Å². The molecule has 162 valence electrons. The molecule has 2 aliphatic heterocycles. The van der Waals surface area contributed by atoms with Crippen molar-refractivity contribution in [3.63, 3.8) is 0 Å². The highest BCUT2D eigenvalue weighted by Gasteiger charge is 2.32. The van der Waals surface area contributed by atoms with E-state index in [1.807, 2.05) is 18.7 Å². The van der Waals surface area contributed by atoms with Crippen molar-refractivity contribution >= 4 is 44.9 Å². The largest absolute Gasteiger partial charge is 0.348 e. The molecule has 0 atom stereocenters. The molecule has 1 aromatic heterocycles. The Morgan fingerprint density at radius 1 is 1.17 bits per heavy atom. The minimum Gasteiger partial charge on any atom is -0.348 e. The van der Waals surface area contributed by atoms with Gasteiger partial charge in [-0.25, -0.2) is 8.42 Å². The fourth-order valence-corrected chi connectivity index (χ4v) is 7.47. The van der Waals surface area contributed by atoms with Crippen LogP contribution in [0.25, 0.3) is 0 Å². The molecule has 3 rings (SSSR count). The highest BCUT2D eigenvalue weighted by atomic mass is 32.2. The summed E-state index contributed by atoms with van der Waals surface area (Å²) in [6.45, 7) is 6.26. The second-order valence-electron chi connectivity index (χ2n) is 7.86. The van der Waals surface area contributed by atoms with Crippen molar-refractivity contribution < 1.29 is 18.0 Å². The first-order valence-corrected chi connectivity index (χ1v) is 13.5. The molecule has 2 aliphatic rings. The molecule has 0 spiro atoms. The van der Waals surface area contributed by atoms with Crippen molar-refractivity contribution in [1.29, 1.82) is 0 Å². The van der Waals surface area contributed by atoms with Gasteiger partial charge in [0.1, 0.15) is 9.77 Å². The van der Waals surface area contributed by atoms with Crippen LogP contribution < -0.4 is 5.32 Å². The van der Waals surface area contributed by atoms with Gasteiger partial charge < -0.3 is 10.2 Å². The SMILES string of the molecule is CC(C)CC(=O)N1CCC(NC(=O)c2sccc2S(=O)(=O)N2CCSCC2)CC1. The highest BCUT2D eigenvalue weighted by Crippen LogP contribution is 2.27.